The third-order valence-electron chi connectivity index (χ3n) is 6.69. The molecule has 3 heterocycles. The molecule has 2 aromatic rings. The number of piperidine rings is 2. The van der Waals surface area contributed by atoms with Gasteiger partial charge in [0.15, 0.2) is 0 Å². The average Bonchev–Trinajstić information content (AvgIpc) is 3.40. The molecule has 1 aliphatic carbocycles. The molecule has 2 N–H and O–H groups in total. The van der Waals surface area contributed by atoms with Gasteiger partial charge in [-0.15, -0.1) is 0 Å². The van der Waals surface area contributed by atoms with Gasteiger partial charge in [-0.05, 0) is 57.7 Å². The highest BCUT2D eigenvalue weighted by Gasteiger charge is 2.40. The monoisotopic (exact) mass is 381 g/mol. The van der Waals surface area contributed by atoms with Gasteiger partial charge in [0.1, 0.15) is 0 Å². The normalized spacial score (nSPS) is 27.5. The summed E-state index contributed by atoms with van der Waals surface area (Å²) >= 11 is 0. The molecule has 2 amide bonds. The van der Waals surface area contributed by atoms with Crippen LogP contribution >= 0.6 is 0 Å². The molecule has 2 aliphatic heterocycles. The van der Waals surface area contributed by atoms with Gasteiger partial charge < -0.3 is 15.2 Å². The average molecular weight is 381 g/mol. The lowest BCUT2D eigenvalue weighted by Crippen LogP contribution is -2.57. The van der Waals surface area contributed by atoms with Crippen LogP contribution in [0, 0.1) is 0 Å². The molecule has 3 aliphatic rings. The Morgan fingerprint density at radius 3 is 2.57 bits per heavy atom. The van der Waals surface area contributed by atoms with E-state index < -0.39 is 6.03 Å². The molecule has 2 unspecified atom stereocenters. The molecule has 1 aromatic heterocycles. The molecular formula is C21H27N5O2. The van der Waals surface area contributed by atoms with E-state index in [2.05, 4.69) is 22.1 Å². The molecule has 1 saturated carbocycles. The van der Waals surface area contributed by atoms with Gasteiger partial charge in [0.05, 0.1) is 5.69 Å². The fourth-order valence-corrected chi connectivity index (χ4v) is 5.01. The lowest BCUT2D eigenvalue weighted by atomic mass is 9.81. The maximum atomic E-state index is 12.6. The van der Waals surface area contributed by atoms with Crippen LogP contribution in [-0.4, -0.2) is 46.2 Å². The first-order chi connectivity index (χ1) is 13.6. The molecule has 2 bridgehead atoms. The number of benzene rings is 1. The van der Waals surface area contributed by atoms with E-state index in [9.17, 15) is 4.79 Å². The minimum absolute atomic E-state index is 0.0972. The standard InChI is InChI=1S/C21H27N5O2/c1-25-14-5-4-6-15(25)12-16(11-14)26(21(22)27)18-8-3-2-7-17(18)19-23-20(28-24-19)13-9-10-13/h2-3,7-8,13-16H,4-6,9-12H2,1H3,(H2,22,27). The molecule has 2 saturated heterocycles. The summed E-state index contributed by atoms with van der Waals surface area (Å²) in [5, 5.41) is 4.19. The van der Waals surface area contributed by atoms with Crippen molar-refractivity contribution in [2.24, 2.45) is 5.73 Å². The van der Waals surface area contributed by atoms with Gasteiger partial charge in [-0.2, -0.15) is 4.98 Å². The van der Waals surface area contributed by atoms with Crippen molar-refractivity contribution in [1.82, 2.24) is 15.0 Å². The zero-order chi connectivity index (χ0) is 19.3. The van der Waals surface area contributed by atoms with Gasteiger partial charge in [-0.3, -0.25) is 4.90 Å². The number of fused-ring (bicyclic) bond motifs is 2. The molecule has 2 atom stereocenters. The molecule has 1 aromatic carbocycles. The summed E-state index contributed by atoms with van der Waals surface area (Å²) in [5.74, 6) is 1.63. The number of amides is 2. The van der Waals surface area contributed by atoms with Crippen LogP contribution in [0.15, 0.2) is 28.8 Å². The Morgan fingerprint density at radius 1 is 1.18 bits per heavy atom. The molecule has 7 nitrogen and oxygen atoms in total. The fourth-order valence-electron chi connectivity index (χ4n) is 5.01. The number of carbonyl (C=O) groups is 1. The Hall–Kier alpha value is -2.41. The van der Waals surface area contributed by atoms with Crippen LogP contribution in [0.2, 0.25) is 0 Å². The number of carbonyl (C=O) groups excluding carboxylic acids is 1. The Balaban J connectivity index is 1.49. The molecule has 0 radical (unpaired) electrons. The summed E-state index contributed by atoms with van der Waals surface area (Å²) in [5.41, 5.74) is 7.49. The van der Waals surface area contributed by atoms with Crippen LogP contribution in [0.25, 0.3) is 11.4 Å². The van der Waals surface area contributed by atoms with Gasteiger partial charge in [0.2, 0.25) is 11.7 Å². The zero-order valence-electron chi connectivity index (χ0n) is 16.3. The van der Waals surface area contributed by atoms with Crippen LogP contribution < -0.4 is 10.6 Å². The van der Waals surface area contributed by atoms with Gasteiger partial charge in [0, 0.05) is 29.6 Å². The number of hydrogen-bond acceptors (Lipinski definition) is 5. The lowest BCUT2D eigenvalue weighted by Gasteiger charge is -2.49. The Morgan fingerprint density at radius 2 is 1.89 bits per heavy atom. The first-order valence-electron chi connectivity index (χ1n) is 10.4. The number of urea groups is 1. The molecule has 7 heteroatoms. The number of para-hydroxylation sites is 1. The van der Waals surface area contributed by atoms with Crippen molar-refractivity contribution in [2.45, 2.75) is 69.0 Å². The zero-order valence-corrected chi connectivity index (χ0v) is 16.3. The van der Waals surface area contributed by atoms with E-state index in [1.165, 1.54) is 19.3 Å². The number of rotatable bonds is 4. The highest BCUT2D eigenvalue weighted by atomic mass is 16.5. The second kappa shape index (κ2) is 6.88. The maximum Gasteiger partial charge on any atom is 0.319 e. The fraction of sp³-hybridized carbons (Fsp3) is 0.571. The van der Waals surface area contributed by atoms with Crippen molar-refractivity contribution >= 4 is 11.7 Å². The van der Waals surface area contributed by atoms with Gasteiger partial charge in [0.25, 0.3) is 0 Å². The number of nitrogens with zero attached hydrogens (tertiary/aromatic N) is 4. The summed E-state index contributed by atoms with van der Waals surface area (Å²) in [6.45, 7) is 0. The van der Waals surface area contributed by atoms with Crippen LogP contribution in [0.3, 0.4) is 0 Å². The van der Waals surface area contributed by atoms with Crippen molar-refractivity contribution in [3.05, 3.63) is 30.2 Å². The Labute approximate surface area is 164 Å². The SMILES string of the molecule is CN1C2CCCC1CC(N(C(N)=O)c1ccccc1-c1noc(C3CC3)n1)C2. The second-order valence-corrected chi connectivity index (χ2v) is 8.49. The molecular weight excluding hydrogens is 354 g/mol. The largest absolute Gasteiger partial charge is 0.351 e. The van der Waals surface area contributed by atoms with Crippen LogP contribution in [0.1, 0.15) is 56.8 Å². The number of primary amides is 1. The lowest BCUT2D eigenvalue weighted by molar-refractivity contribution is 0.0564. The summed E-state index contributed by atoms with van der Waals surface area (Å²) < 4.78 is 5.46. The predicted octanol–water partition coefficient (Wildman–Crippen LogP) is 3.51. The topological polar surface area (TPSA) is 88.5 Å². The number of hydrogen-bond donors (Lipinski definition) is 1. The molecule has 5 rings (SSSR count). The van der Waals surface area contributed by atoms with Crippen molar-refractivity contribution in [1.29, 1.82) is 0 Å². The number of aromatic nitrogens is 2. The van der Waals surface area contributed by atoms with Crippen molar-refractivity contribution in [2.75, 3.05) is 11.9 Å². The second-order valence-electron chi connectivity index (χ2n) is 8.49. The predicted molar refractivity (Wildman–Crippen MR) is 106 cm³/mol. The van der Waals surface area contributed by atoms with Crippen molar-refractivity contribution < 1.29 is 9.32 Å². The highest BCUT2D eigenvalue weighted by molar-refractivity contribution is 5.95. The first kappa shape index (κ1) is 17.7. The van der Waals surface area contributed by atoms with Crippen molar-refractivity contribution in [3.8, 4) is 11.4 Å². The van der Waals surface area contributed by atoms with Crippen LogP contribution in [0.5, 0.6) is 0 Å². The summed E-state index contributed by atoms with van der Waals surface area (Å²) in [7, 11) is 2.21. The van der Waals surface area contributed by atoms with E-state index in [4.69, 9.17) is 10.3 Å². The van der Waals surface area contributed by atoms with E-state index in [0.29, 0.717) is 29.7 Å². The maximum absolute atomic E-state index is 12.6. The van der Waals surface area contributed by atoms with E-state index in [0.717, 1.165) is 36.9 Å². The summed E-state index contributed by atoms with van der Waals surface area (Å²) in [4.78, 5) is 21.4. The minimum atomic E-state index is -0.411. The molecule has 0 spiro atoms. The Bertz CT molecular complexity index is 863. The molecule has 28 heavy (non-hydrogen) atoms. The van der Waals surface area contributed by atoms with Gasteiger partial charge >= 0.3 is 6.03 Å². The minimum Gasteiger partial charge on any atom is -0.351 e. The molecule has 148 valence electrons. The summed E-state index contributed by atoms with van der Waals surface area (Å²) in [6.07, 6.45) is 7.75. The van der Waals surface area contributed by atoms with E-state index in [-0.39, 0.29) is 6.04 Å². The van der Waals surface area contributed by atoms with Gasteiger partial charge in [-0.25, -0.2) is 4.79 Å². The van der Waals surface area contributed by atoms with E-state index in [1.807, 2.05) is 24.3 Å². The van der Waals surface area contributed by atoms with Gasteiger partial charge in [-0.1, -0.05) is 23.7 Å². The van der Waals surface area contributed by atoms with Crippen molar-refractivity contribution in [3.63, 3.8) is 0 Å². The highest BCUT2D eigenvalue weighted by Crippen LogP contribution is 2.41. The smallest absolute Gasteiger partial charge is 0.319 e. The Kier molecular flexibility index (Phi) is 4.34. The first-order valence-corrected chi connectivity index (χ1v) is 10.4. The van der Waals surface area contributed by atoms with Crippen LogP contribution in [0.4, 0.5) is 10.5 Å². The third kappa shape index (κ3) is 3.07. The van der Waals surface area contributed by atoms with Crippen LogP contribution in [-0.2, 0) is 0 Å². The number of nitrogens with two attached hydrogens (primary N) is 1. The quantitative estimate of drug-likeness (QED) is 0.875. The molecule has 3 fully saturated rings. The van der Waals surface area contributed by atoms with E-state index in [1.54, 1.807) is 4.90 Å². The summed E-state index contributed by atoms with van der Waals surface area (Å²) in [6, 6.07) is 8.48. The van der Waals surface area contributed by atoms with E-state index >= 15 is 0 Å². The third-order valence-corrected chi connectivity index (χ3v) is 6.69. The number of anilines is 1.